The summed E-state index contributed by atoms with van der Waals surface area (Å²) in [4.78, 5) is 16.0. The second-order valence-electron chi connectivity index (χ2n) is 14.7. The predicted octanol–water partition coefficient (Wildman–Crippen LogP) is 12.3. The summed E-state index contributed by atoms with van der Waals surface area (Å²) >= 11 is 0. The molecule has 2 saturated carbocycles. The average Bonchev–Trinajstić information content (AvgIpc) is 3.85. The summed E-state index contributed by atoms with van der Waals surface area (Å²) in [6.45, 7) is 11.8. The van der Waals surface area contributed by atoms with Crippen molar-refractivity contribution < 1.29 is 34.4 Å². The van der Waals surface area contributed by atoms with E-state index >= 15 is 0 Å². The number of benzene rings is 3. The third-order valence-electron chi connectivity index (χ3n) is 10.3. The van der Waals surface area contributed by atoms with E-state index in [4.69, 9.17) is 9.40 Å². The summed E-state index contributed by atoms with van der Waals surface area (Å²) in [6, 6.07) is 22.2. The van der Waals surface area contributed by atoms with Crippen LogP contribution in [-0.2, 0) is 24.9 Å². The number of aliphatic hydroxyl groups excluding tert-OH is 1. The molecule has 1 N–H and O–H groups in total. The number of allylic oxidation sites excluding steroid dienone is 2. The minimum Gasteiger partial charge on any atom is -0.512 e. The first-order valence-electron chi connectivity index (χ1n) is 17.9. The van der Waals surface area contributed by atoms with Crippen molar-refractivity contribution in [1.82, 2.24) is 4.98 Å². The van der Waals surface area contributed by atoms with Gasteiger partial charge in [0.1, 0.15) is 5.58 Å². The normalized spacial score (nSPS) is 16.0. The predicted molar refractivity (Wildman–Crippen MR) is 195 cm³/mol. The minimum atomic E-state index is -0.0316. The number of pyridine rings is 1. The van der Waals surface area contributed by atoms with Crippen molar-refractivity contribution in [2.24, 2.45) is 11.8 Å². The van der Waals surface area contributed by atoms with Crippen molar-refractivity contribution in [1.29, 1.82) is 0 Å². The third-order valence-corrected chi connectivity index (χ3v) is 10.3. The Labute approximate surface area is 299 Å². The van der Waals surface area contributed by atoms with E-state index in [1.54, 1.807) is 0 Å². The number of fused-ring (bicyclic) bond motifs is 4. The van der Waals surface area contributed by atoms with Gasteiger partial charge in [-0.25, -0.2) is 0 Å². The van der Waals surface area contributed by atoms with E-state index in [9.17, 15) is 9.90 Å². The van der Waals surface area contributed by atoms with Crippen LogP contribution < -0.4 is 0 Å². The third kappa shape index (κ3) is 7.63. The Hall–Kier alpha value is -3.27. The molecule has 2 aliphatic rings. The Morgan fingerprint density at radius 3 is 2.15 bits per heavy atom. The van der Waals surface area contributed by atoms with Gasteiger partial charge in [-0.2, -0.15) is 0 Å². The molecule has 2 aromatic heterocycles. The van der Waals surface area contributed by atoms with Gasteiger partial charge in [0.2, 0.25) is 0 Å². The first kappa shape index (κ1) is 36.0. The Morgan fingerprint density at radius 2 is 1.50 bits per heavy atom. The van der Waals surface area contributed by atoms with Gasteiger partial charge in [-0.1, -0.05) is 109 Å². The molecule has 255 valence electrons. The number of aliphatic hydroxyl groups is 1. The van der Waals surface area contributed by atoms with Gasteiger partial charge in [-0.15, -0.1) is 17.7 Å². The quantitative estimate of drug-likeness (QED) is 0.101. The number of aromatic nitrogens is 1. The van der Waals surface area contributed by atoms with Crippen molar-refractivity contribution in [3.05, 3.63) is 89.3 Å². The van der Waals surface area contributed by atoms with Gasteiger partial charge in [-0.05, 0) is 83.2 Å². The van der Waals surface area contributed by atoms with E-state index in [2.05, 4.69) is 68.4 Å². The number of hydrogen-bond donors (Lipinski definition) is 1. The minimum absolute atomic E-state index is 0. The van der Waals surface area contributed by atoms with E-state index in [1.165, 1.54) is 95.7 Å². The number of carbonyl (C=O) groups is 1. The van der Waals surface area contributed by atoms with Crippen LogP contribution in [0.4, 0.5) is 0 Å². The van der Waals surface area contributed by atoms with E-state index in [-0.39, 0.29) is 43.5 Å². The van der Waals surface area contributed by atoms with E-state index in [0.717, 1.165) is 22.4 Å². The standard InChI is InChI=1S/C34H34NO.C9H16O2.Ir/c1-21(2)24-11-14-29-30-18-27(23-9-5-6-10-23)19-31(34(30)36-32(29)20-24)33-28-13-12-25(22-7-3-4-8-22)17-26(28)15-16-35-33;1-6(2)8(10)5-9(11)7(3)4;/h11-18,20-23H,3-10H2,1-2H3;5-7,10H,1-4H3;/q-1;;/b;8-5-;. The van der Waals surface area contributed by atoms with Crippen LogP contribution in [0.5, 0.6) is 0 Å². The van der Waals surface area contributed by atoms with Crippen molar-refractivity contribution in [3.63, 3.8) is 0 Å². The number of nitrogens with zero attached hydrogens (tertiary/aromatic N) is 1. The van der Waals surface area contributed by atoms with Gasteiger partial charge < -0.3 is 14.5 Å². The molecule has 3 aromatic carbocycles. The molecule has 0 saturated heterocycles. The summed E-state index contributed by atoms with van der Waals surface area (Å²) in [5.74, 6) is 1.92. The monoisotopic (exact) mass is 821 g/mol. The van der Waals surface area contributed by atoms with Crippen LogP contribution in [-0.4, -0.2) is 15.9 Å². The molecule has 5 aromatic rings. The van der Waals surface area contributed by atoms with Crippen molar-refractivity contribution in [2.45, 2.75) is 111 Å². The Kier molecular flexibility index (Phi) is 11.6. The number of carbonyl (C=O) groups excluding carboxylic acids is 1. The van der Waals surface area contributed by atoms with Crippen molar-refractivity contribution in [2.75, 3.05) is 0 Å². The SMILES string of the molecule is CC(C)C(=O)/C=C(\O)C(C)C.CC(C)c1ccc2c(c1)oc1c(-c3nccc4cc(C5CCCC5)ccc34)[c-]c(C3CCCC3)cc12.[Ir]. The largest absolute Gasteiger partial charge is 0.512 e. The summed E-state index contributed by atoms with van der Waals surface area (Å²) in [5.41, 5.74) is 8.04. The Morgan fingerprint density at radius 1 is 0.833 bits per heavy atom. The molecule has 0 amide bonds. The molecule has 2 heterocycles. The second kappa shape index (κ2) is 15.5. The number of hydrogen-bond acceptors (Lipinski definition) is 4. The molecular formula is C43H50IrNO3-. The topological polar surface area (TPSA) is 63.3 Å². The summed E-state index contributed by atoms with van der Waals surface area (Å²) < 4.78 is 6.63. The molecule has 2 fully saturated rings. The summed E-state index contributed by atoms with van der Waals surface area (Å²) in [6.07, 6.45) is 13.8. The number of ketones is 1. The van der Waals surface area contributed by atoms with Crippen molar-refractivity contribution in [3.8, 4) is 11.3 Å². The fourth-order valence-corrected chi connectivity index (χ4v) is 7.23. The molecule has 48 heavy (non-hydrogen) atoms. The van der Waals surface area contributed by atoms with Gasteiger partial charge in [-0.3, -0.25) is 4.79 Å². The maximum Gasteiger partial charge on any atom is 0.161 e. The molecule has 4 nitrogen and oxygen atoms in total. The maximum absolute atomic E-state index is 11.0. The van der Waals surface area contributed by atoms with E-state index in [1.807, 2.05) is 33.9 Å². The Bertz CT molecular complexity index is 1920. The van der Waals surface area contributed by atoms with Gasteiger partial charge in [0.15, 0.2) is 5.78 Å². The van der Waals surface area contributed by atoms with Gasteiger partial charge in [0.05, 0.1) is 11.3 Å². The van der Waals surface area contributed by atoms with Crippen LogP contribution in [0.25, 0.3) is 44.0 Å². The van der Waals surface area contributed by atoms with Crippen LogP contribution in [0.1, 0.15) is 127 Å². The molecule has 1 radical (unpaired) electrons. The van der Waals surface area contributed by atoms with E-state index in [0.29, 0.717) is 17.8 Å². The van der Waals surface area contributed by atoms with Crippen molar-refractivity contribution >= 4 is 38.5 Å². The van der Waals surface area contributed by atoms with Crippen LogP contribution >= 0.6 is 0 Å². The molecule has 0 bridgehead atoms. The van der Waals surface area contributed by atoms with Gasteiger partial charge in [0, 0.05) is 49.6 Å². The molecule has 2 aliphatic carbocycles. The first-order chi connectivity index (χ1) is 22.6. The molecule has 0 spiro atoms. The van der Waals surface area contributed by atoms with Gasteiger partial charge in [0.25, 0.3) is 0 Å². The Balaban J connectivity index is 0.000000327. The first-order valence-corrected chi connectivity index (χ1v) is 17.9. The van der Waals surface area contributed by atoms with Crippen LogP contribution in [0.3, 0.4) is 0 Å². The van der Waals surface area contributed by atoms with E-state index < -0.39 is 0 Å². The zero-order valence-corrected chi connectivity index (χ0v) is 31.8. The summed E-state index contributed by atoms with van der Waals surface area (Å²) in [5, 5.41) is 14.1. The zero-order valence-electron chi connectivity index (χ0n) is 29.4. The molecular weight excluding hydrogens is 771 g/mol. The zero-order chi connectivity index (χ0) is 33.2. The second-order valence-corrected chi connectivity index (χ2v) is 14.7. The molecule has 7 rings (SSSR count). The number of furan rings is 1. The maximum atomic E-state index is 11.0. The fourth-order valence-electron chi connectivity index (χ4n) is 7.23. The van der Waals surface area contributed by atoms with Crippen LogP contribution in [0.15, 0.2) is 71.0 Å². The molecule has 5 heteroatoms. The molecule has 0 unspecified atom stereocenters. The van der Waals surface area contributed by atoms with Crippen LogP contribution in [0.2, 0.25) is 0 Å². The fraction of sp³-hybridized carbons (Fsp3) is 0.442. The number of rotatable bonds is 7. The summed E-state index contributed by atoms with van der Waals surface area (Å²) in [7, 11) is 0. The average molecular weight is 821 g/mol. The van der Waals surface area contributed by atoms with Gasteiger partial charge >= 0.3 is 0 Å². The van der Waals surface area contributed by atoms with Crippen LogP contribution in [0, 0.1) is 17.9 Å². The smallest absolute Gasteiger partial charge is 0.161 e. The molecule has 0 atom stereocenters. The molecule has 0 aliphatic heterocycles.